The van der Waals surface area contributed by atoms with Crippen molar-refractivity contribution in [2.24, 2.45) is 0 Å². The van der Waals surface area contributed by atoms with Crippen LogP contribution in [0.25, 0.3) is 0 Å². The van der Waals surface area contributed by atoms with Crippen molar-refractivity contribution < 1.29 is 0 Å². The highest BCUT2D eigenvalue weighted by Crippen LogP contribution is 2.10. The second kappa shape index (κ2) is 3.40. The fraction of sp³-hybridized carbons (Fsp3) is 0. The van der Waals surface area contributed by atoms with Crippen LogP contribution in [0.2, 0.25) is 5.02 Å². The van der Waals surface area contributed by atoms with Gasteiger partial charge in [-0.25, -0.2) is 9.97 Å². The summed E-state index contributed by atoms with van der Waals surface area (Å²) in [6.45, 7) is 0. The minimum atomic E-state index is 0.491. The molecule has 0 spiro atoms. The van der Waals surface area contributed by atoms with Gasteiger partial charge in [-0.2, -0.15) is 5.10 Å². The first-order valence-electron chi connectivity index (χ1n) is 3.58. The first kappa shape index (κ1) is 8.00. The lowest BCUT2D eigenvalue weighted by Crippen LogP contribution is -1.94. The Morgan fingerprint density at radius 3 is 2.62 bits per heavy atom. The molecular formula is C7H6ClN5. The Bertz CT molecular complexity index is 368. The van der Waals surface area contributed by atoms with E-state index in [2.05, 4.69) is 25.5 Å². The molecule has 0 atom stereocenters. The van der Waals surface area contributed by atoms with Gasteiger partial charge >= 0.3 is 0 Å². The molecule has 0 radical (unpaired) electrons. The van der Waals surface area contributed by atoms with Crippen molar-refractivity contribution >= 4 is 23.2 Å². The first-order chi connectivity index (χ1) is 6.34. The number of nitrogens with zero attached hydrogens (tertiary/aromatic N) is 3. The molecule has 0 aliphatic heterocycles. The van der Waals surface area contributed by atoms with Crippen molar-refractivity contribution in [3.8, 4) is 0 Å². The molecule has 2 aromatic heterocycles. The standard InChI is InChI=1S/C7H6ClN5/c8-5-1-9-7(10-2-5)13-6-3-11-12-4-6/h1-4H,(H,11,12)(H,9,10,13). The molecule has 0 fully saturated rings. The number of hydrogen-bond donors (Lipinski definition) is 2. The number of nitrogens with one attached hydrogen (secondary N) is 2. The Kier molecular flexibility index (Phi) is 2.09. The van der Waals surface area contributed by atoms with Crippen LogP contribution in [0.3, 0.4) is 0 Å². The summed E-state index contributed by atoms with van der Waals surface area (Å²) in [5, 5.41) is 9.88. The highest BCUT2D eigenvalue weighted by molar-refractivity contribution is 6.30. The smallest absolute Gasteiger partial charge is 0.227 e. The van der Waals surface area contributed by atoms with E-state index >= 15 is 0 Å². The second-order valence-corrected chi connectivity index (χ2v) is 2.77. The number of rotatable bonds is 2. The highest BCUT2D eigenvalue weighted by Gasteiger charge is 1.97. The van der Waals surface area contributed by atoms with Gasteiger partial charge in [-0.15, -0.1) is 0 Å². The Morgan fingerprint density at radius 2 is 2.00 bits per heavy atom. The van der Waals surface area contributed by atoms with E-state index in [0.717, 1.165) is 5.69 Å². The van der Waals surface area contributed by atoms with Crippen LogP contribution in [-0.2, 0) is 0 Å². The van der Waals surface area contributed by atoms with Gasteiger partial charge in [0.15, 0.2) is 0 Å². The van der Waals surface area contributed by atoms with Crippen molar-refractivity contribution in [2.45, 2.75) is 0 Å². The molecule has 6 heteroatoms. The molecule has 2 N–H and O–H groups in total. The predicted octanol–water partition coefficient (Wildman–Crippen LogP) is 1.60. The van der Waals surface area contributed by atoms with Crippen molar-refractivity contribution in [1.29, 1.82) is 0 Å². The van der Waals surface area contributed by atoms with Gasteiger partial charge < -0.3 is 5.32 Å². The zero-order chi connectivity index (χ0) is 9.10. The van der Waals surface area contributed by atoms with Gasteiger partial charge in [0.2, 0.25) is 5.95 Å². The van der Waals surface area contributed by atoms with E-state index in [1.54, 1.807) is 12.4 Å². The van der Waals surface area contributed by atoms with Gasteiger partial charge in [0, 0.05) is 6.20 Å². The SMILES string of the molecule is Clc1cnc(Nc2cn[nH]c2)nc1. The molecule has 0 bridgehead atoms. The third-order valence-corrected chi connectivity index (χ3v) is 1.57. The number of anilines is 2. The number of aromatic nitrogens is 4. The average molecular weight is 196 g/mol. The van der Waals surface area contributed by atoms with Gasteiger partial charge in [0.05, 0.1) is 29.3 Å². The molecule has 66 valence electrons. The van der Waals surface area contributed by atoms with Gasteiger partial charge in [0.25, 0.3) is 0 Å². The Hall–Kier alpha value is -1.62. The van der Waals surface area contributed by atoms with E-state index in [1.807, 2.05) is 0 Å². The molecule has 13 heavy (non-hydrogen) atoms. The molecule has 2 heterocycles. The topological polar surface area (TPSA) is 66.5 Å². The normalized spacial score (nSPS) is 9.92. The van der Waals surface area contributed by atoms with Crippen molar-refractivity contribution in [3.05, 3.63) is 29.8 Å². The van der Waals surface area contributed by atoms with Gasteiger partial charge in [0.1, 0.15) is 0 Å². The van der Waals surface area contributed by atoms with Gasteiger partial charge in [-0.3, -0.25) is 5.10 Å². The Labute approximate surface area is 79.2 Å². The summed E-state index contributed by atoms with van der Waals surface area (Å²) in [6.07, 6.45) is 6.39. The van der Waals surface area contributed by atoms with Crippen LogP contribution in [0.1, 0.15) is 0 Å². The molecular weight excluding hydrogens is 190 g/mol. The van der Waals surface area contributed by atoms with Crippen molar-refractivity contribution in [1.82, 2.24) is 20.2 Å². The third kappa shape index (κ3) is 1.94. The van der Waals surface area contributed by atoms with Crippen LogP contribution in [0, 0.1) is 0 Å². The van der Waals surface area contributed by atoms with Crippen LogP contribution in [0.15, 0.2) is 24.8 Å². The average Bonchev–Trinajstić information content (AvgIpc) is 2.62. The monoisotopic (exact) mass is 195 g/mol. The quantitative estimate of drug-likeness (QED) is 0.764. The maximum Gasteiger partial charge on any atom is 0.227 e. The third-order valence-electron chi connectivity index (χ3n) is 1.37. The predicted molar refractivity (Wildman–Crippen MR) is 48.9 cm³/mol. The minimum Gasteiger partial charge on any atom is -0.321 e. The van der Waals surface area contributed by atoms with E-state index in [-0.39, 0.29) is 0 Å². The number of aromatic amines is 1. The van der Waals surface area contributed by atoms with E-state index in [9.17, 15) is 0 Å². The molecule has 5 nitrogen and oxygen atoms in total. The lowest BCUT2D eigenvalue weighted by molar-refractivity contribution is 1.09. The van der Waals surface area contributed by atoms with Crippen molar-refractivity contribution in [3.63, 3.8) is 0 Å². The summed E-state index contributed by atoms with van der Waals surface area (Å²) >= 11 is 5.62. The summed E-state index contributed by atoms with van der Waals surface area (Å²) in [6, 6.07) is 0. The minimum absolute atomic E-state index is 0.491. The summed E-state index contributed by atoms with van der Waals surface area (Å²) in [7, 11) is 0. The molecule has 0 aromatic carbocycles. The lowest BCUT2D eigenvalue weighted by Gasteiger charge is -1.99. The van der Waals surface area contributed by atoms with Crippen molar-refractivity contribution in [2.75, 3.05) is 5.32 Å². The largest absolute Gasteiger partial charge is 0.321 e. The zero-order valence-corrected chi connectivity index (χ0v) is 7.28. The lowest BCUT2D eigenvalue weighted by atomic mass is 10.6. The van der Waals surface area contributed by atoms with Crippen LogP contribution in [-0.4, -0.2) is 20.2 Å². The fourth-order valence-corrected chi connectivity index (χ4v) is 0.923. The summed E-state index contributed by atoms with van der Waals surface area (Å²) in [4.78, 5) is 7.91. The van der Waals surface area contributed by atoms with Crippen LogP contribution in [0.5, 0.6) is 0 Å². The molecule has 0 amide bonds. The molecule has 0 unspecified atom stereocenters. The van der Waals surface area contributed by atoms with Crippen LogP contribution < -0.4 is 5.32 Å². The zero-order valence-electron chi connectivity index (χ0n) is 6.53. The molecule has 0 aliphatic rings. The first-order valence-corrected chi connectivity index (χ1v) is 3.96. The summed E-state index contributed by atoms with van der Waals surface area (Å²) in [5.41, 5.74) is 0.808. The fourth-order valence-electron chi connectivity index (χ4n) is 0.825. The van der Waals surface area contributed by atoms with Crippen LogP contribution >= 0.6 is 11.6 Å². The molecule has 0 aliphatic carbocycles. The molecule has 0 saturated carbocycles. The number of hydrogen-bond acceptors (Lipinski definition) is 4. The van der Waals surface area contributed by atoms with E-state index in [4.69, 9.17) is 11.6 Å². The van der Waals surface area contributed by atoms with Gasteiger partial charge in [-0.1, -0.05) is 11.6 Å². The Balaban J connectivity index is 2.15. The maximum atomic E-state index is 5.62. The van der Waals surface area contributed by atoms with Crippen LogP contribution in [0.4, 0.5) is 11.6 Å². The highest BCUT2D eigenvalue weighted by atomic mass is 35.5. The van der Waals surface area contributed by atoms with E-state index in [1.165, 1.54) is 12.4 Å². The van der Waals surface area contributed by atoms with E-state index < -0.39 is 0 Å². The van der Waals surface area contributed by atoms with Gasteiger partial charge in [-0.05, 0) is 0 Å². The number of halogens is 1. The summed E-state index contributed by atoms with van der Waals surface area (Å²) < 4.78 is 0. The molecule has 2 rings (SSSR count). The Morgan fingerprint density at radius 1 is 1.23 bits per heavy atom. The maximum absolute atomic E-state index is 5.62. The number of H-pyrrole nitrogens is 1. The second-order valence-electron chi connectivity index (χ2n) is 2.34. The molecule has 0 saturated heterocycles. The summed E-state index contributed by atoms with van der Waals surface area (Å²) in [5.74, 6) is 0.491. The molecule has 2 aromatic rings. The van der Waals surface area contributed by atoms with E-state index in [0.29, 0.717) is 11.0 Å².